The van der Waals surface area contributed by atoms with E-state index in [4.69, 9.17) is 15.2 Å². The smallest absolute Gasteiger partial charge is 0.0785 e. The normalized spacial score (nSPS) is 12.7. The quantitative estimate of drug-likeness (QED) is 0.818. The van der Waals surface area contributed by atoms with Gasteiger partial charge in [0, 0.05) is 16.8 Å². The first-order valence-electron chi connectivity index (χ1n) is 5.37. The second-order valence-corrected chi connectivity index (χ2v) is 4.39. The lowest BCUT2D eigenvalue weighted by Crippen LogP contribution is -2.16. The van der Waals surface area contributed by atoms with Gasteiger partial charge in [0.15, 0.2) is 0 Å². The summed E-state index contributed by atoms with van der Waals surface area (Å²) in [6, 6.07) is 5.77. The summed E-state index contributed by atoms with van der Waals surface area (Å²) in [7, 11) is 0. The number of halogens is 1. The first kappa shape index (κ1) is 13.5. The Morgan fingerprint density at radius 2 is 2.19 bits per heavy atom. The number of hydrogen-bond acceptors (Lipinski definition) is 3. The van der Waals surface area contributed by atoms with Gasteiger partial charge in [-0.25, -0.2) is 0 Å². The number of anilines is 1. The molecule has 1 aromatic carbocycles. The molecule has 1 unspecified atom stereocenters. The molecule has 1 atom stereocenters. The van der Waals surface area contributed by atoms with E-state index in [1.165, 1.54) is 0 Å². The van der Waals surface area contributed by atoms with E-state index in [0.717, 1.165) is 22.3 Å². The average Bonchev–Trinajstić information content (AvgIpc) is 2.28. The van der Waals surface area contributed by atoms with Crippen LogP contribution >= 0.6 is 15.9 Å². The number of rotatable bonds is 6. The van der Waals surface area contributed by atoms with Gasteiger partial charge in [0.05, 0.1) is 19.3 Å². The van der Waals surface area contributed by atoms with Crippen LogP contribution in [0.3, 0.4) is 0 Å². The zero-order valence-electron chi connectivity index (χ0n) is 9.70. The first-order valence-corrected chi connectivity index (χ1v) is 6.16. The average molecular weight is 288 g/mol. The maximum atomic E-state index is 5.78. The summed E-state index contributed by atoms with van der Waals surface area (Å²) >= 11 is 3.45. The molecule has 2 N–H and O–H groups in total. The molecular weight excluding hydrogens is 270 g/mol. The summed E-state index contributed by atoms with van der Waals surface area (Å²) in [4.78, 5) is 0. The number of nitrogen functional groups attached to an aromatic ring is 1. The molecule has 0 fully saturated rings. The van der Waals surface area contributed by atoms with Gasteiger partial charge in [0.2, 0.25) is 0 Å². The van der Waals surface area contributed by atoms with Crippen LogP contribution < -0.4 is 5.73 Å². The lowest BCUT2D eigenvalue weighted by molar-refractivity contribution is -0.0118. The van der Waals surface area contributed by atoms with Crippen LogP contribution in [0.15, 0.2) is 22.7 Å². The van der Waals surface area contributed by atoms with E-state index in [-0.39, 0.29) is 6.10 Å². The third-order valence-corrected chi connectivity index (χ3v) is 3.16. The standard InChI is InChI=1S/C12H18BrNO2/c1-3-15-7-9(2)16-8-10-5-4-6-11(14)12(10)13/h4-6,9H,3,7-8,14H2,1-2H3. The van der Waals surface area contributed by atoms with E-state index in [1.54, 1.807) is 0 Å². The van der Waals surface area contributed by atoms with E-state index in [0.29, 0.717) is 13.2 Å². The van der Waals surface area contributed by atoms with Gasteiger partial charge >= 0.3 is 0 Å². The molecule has 1 aromatic rings. The van der Waals surface area contributed by atoms with Crippen LogP contribution in [0, 0.1) is 0 Å². The summed E-state index contributed by atoms with van der Waals surface area (Å²) in [5.74, 6) is 0. The Morgan fingerprint density at radius 3 is 2.88 bits per heavy atom. The van der Waals surface area contributed by atoms with E-state index in [1.807, 2.05) is 32.0 Å². The molecule has 16 heavy (non-hydrogen) atoms. The maximum Gasteiger partial charge on any atom is 0.0785 e. The van der Waals surface area contributed by atoms with Gasteiger partial charge in [0.1, 0.15) is 0 Å². The third kappa shape index (κ3) is 4.12. The minimum absolute atomic E-state index is 0.0910. The van der Waals surface area contributed by atoms with Crippen molar-refractivity contribution >= 4 is 21.6 Å². The molecule has 4 heteroatoms. The van der Waals surface area contributed by atoms with Gasteiger partial charge in [-0.3, -0.25) is 0 Å². The summed E-state index contributed by atoms with van der Waals surface area (Å²) in [5.41, 5.74) is 7.57. The molecule has 0 aromatic heterocycles. The highest BCUT2D eigenvalue weighted by Gasteiger charge is 2.06. The lowest BCUT2D eigenvalue weighted by atomic mass is 10.2. The summed E-state index contributed by atoms with van der Waals surface area (Å²) in [6.45, 7) is 5.85. The highest BCUT2D eigenvalue weighted by molar-refractivity contribution is 9.10. The fourth-order valence-electron chi connectivity index (χ4n) is 1.28. The molecule has 0 bridgehead atoms. The van der Waals surface area contributed by atoms with Crippen molar-refractivity contribution in [3.8, 4) is 0 Å². The Balaban J connectivity index is 2.45. The fourth-order valence-corrected chi connectivity index (χ4v) is 1.65. The van der Waals surface area contributed by atoms with Crippen molar-refractivity contribution in [3.63, 3.8) is 0 Å². The number of ether oxygens (including phenoxy) is 2. The minimum atomic E-state index is 0.0910. The Morgan fingerprint density at radius 1 is 1.44 bits per heavy atom. The third-order valence-electron chi connectivity index (χ3n) is 2.19. The Bertz CT molecular complexity index is 331. The zero-order valence-corrected chi connectivity index (χ0v) is 11.3. The molecule has 0 amide bonds. The highest BCUT2D eigenvalue weighted by Crippen LogP contribution is 2.24. The molecule has 0 aliphatic carbocycles. The van der Waals surface area contributed by atoms with Crippen molar-refractivity contribution in [1.29, 1.82) is 0 Å². The molecule has 90 valence electrons. The Labute approximate surface area is 105 Å². The van der Waals surface area contributed by atoms with Gasteiger partial charge in [-0.15, -0.1) is 0 Å². The predicted molar refractivity (Wildman–Crippen MR) is 69.3 cm³/mol. The minimum Gasteiger partial charge on any atom is -0.398 e. The van der Waals surface area contributed by atoms with Gasteiger partial charge in [-0.1, -0.05) is 12.1 Å². The maximum absolute atomic E-state index is 5.78. The Kier molecular flexibility index (Phi) is 5.80. The van der Waals surface area contributed by atoms with Crippen molar-refractivity contribution < 1.29 is 9.47 Å². The van der Waals surface area contributed by atoms with E-state index < -0.39 is 0 Å². The molecule has 0 saturated carbocycles. The van der Waals surface area contributed by atoms with E-state index in [2.05, 4.69) is 15.9 Å². The van der Waals surface area contributed by atoms with Crippen molar-refractivity contribution in [1.82, 2.24) is 0 Å². The van der Waals surface area contributed by atoms with Crippen LogP contribution in [-0.4, -0.2) is 19.3 Å². The molecule has 0 spiro atoms. The van der Waals surface area contributed by atoms with Crippen LogP contribution in [0.25, 0.3) is 0 Å². The molecule has 0 aliphatic heterocycles. The topological polar surface area (TPSA) is 44.5 Å². The van der Waals surface area contributed by atoms with E-state index in [9.17, 15) is 0 Å². The van der Waals surface area contributed by atoms with Gasteiger partial charge < -0.3 is 15.2 Å². The molecule has 0 saturated heterocycles. The second-order valence-electron chi connectivity index (χ2n) is 3.60. The van der Waals surface area contributed by atoms with Crippen LogP contribution in [0.2, 0.25) is 0 Å². The van der Waals surface area contributed by atoms with Crippen LogP contribution in [-0.2, 0) is 16.1 Å². The van der Waals surface area contributed by atoms with Gasteiger partial charge in [0.25, 0.3) is 0 Å². The molecule has 0 radical (unpaired) electrons. The van der Waals surface area contributed by atoms with Gasteiger partial charge in [-0.2, -0.15) is 0 Å². The van der Waals surface area contributed by atoms with Crippen LogP contribution in [0.1, 0.15) is 19.4 Å². The van der Waals surface area contributed by atoms with E-state index >= 15 is 0 Å². The SMILES string of the molecule is CCOCC(C)OCc1cccc(N)c1Br. The molecule has 1 rings (SSSR count). The fraction of sp³-hybridized carbons (Fsp3) is 0.500. The zero-order chi connectivity index (χ0) is 12.0. The lowest BCUT2D eigenvalue weighted by Gasteiger charge is -2.14. The molecule has 0 heterocycles. The molecule has 0 aliphatic rings. The van der Waals surface area contributed by atoms with Crippen molar-refractivity contribution in [3.05, 3.63) is 28.2 Å². The second kappa shape index (κ2) is 6.89. The molecular formula is C12H18BrNO2. The first-order chi connectivity index (χ1) is 7.65. The molecule has 3 nitrogen and oxygen atoms in total. The van der Waals surface area contributed by atoms with Crippen molar-refractivity contribution in [2.75, 3.05) is 18.9 Å². The van der Waals surface area contributed by atoms with Crippen molar-refractivity contribution in [2.45, 2.75) is 26.6 Å². The summed E-state index contributed by atoms with van der Waals surface area (Å²) < 4.78 is 11.8. The monoisotopic (exact) mass is 287 g/mol. The summed E-state index contributed by atoms with van der Waals surface area (Å²) in [5, 5.41) is 0. The van der Waals surface area contributed by atoms with Crippen molar-refractivity contribution in [2.24, 2.45) is 0 Å². The number of benzene rings is 1. The number of hydrogen-bond donors (Lipinski definition) is 1. The Hall–Kier alpha value is -0.580. The van der Waals surface area contributed by atoms with Gasteiger partial charge in [-0.05, 0) is 41.4 Å². The predicted octanol–water partition coefficient (Wildman–Crippen LogP) is 2.97. The largest absolute Gasteiger partial charge is 0.398 e. The van der Waals surface area contributed by atoms with Crippen LogP contribution in [0.5, 0.6) is 0 Å². The summed E-state index contributed by atoms with van der Waals surface area (Å²) in [6.07, 6.45) is 0.0910. The number of nitrogens with two attached hydrogens (primary N) is 1. The van der Waals surface area contributed by atoms with Crippen LogP contribution in [0.4, 0.5) is 5.69 Å². The highest BCUT2D eigenvalue weighted by atomic mass is 79.9.